The topological polar surface area (TPSA) is 46.5 Å². The normalized spacial score (nSPS) is 13.8. The lowest BCUT2D eigenvalue weighted by atomic mass is 9.89. The molecule has 0 unspecified atom stereocenters. The van der Waals surface area contributed by atoms with Crippen molar-refractivity contribution >= 4 is 11.8 Å². The number of benzene rings is 1. The van der Waals surface area contributed by atoms with E-state index < -0.39 is 23.6 Å². The summed E-state index contributed by atoms with van der Waals surface area (Å²) < 4.78 is 44.7. The van der Waals surface area contributed by atoms with Gasteiger partial charge >= 0.3 is 12.0 Å². The van der Waals surface area contributed by atoms with Crippen LogP contribution in [0.1, 0.15) is 59.3 Å². The molecule has 3 nitrogen and oxygen atoms in total. The third-order valence-corrected chi connectivity index (χ3v) is 4.19. The number of esters is 1. The highest BCUT2D eigenvalue weighted by atomic mass is 19.3. The predicted molar refractivity (Wildman–Crippen MR) is 84.6 cm³/mol. The highest BCUT2D eigenvalue weighted by Crippen LogP contribution is 2.42. The molecule has 1 aromatic carbocycles. The molecular weight excluding hydrogens is 321 g/mol. The average Bonchev–Trinajstić information content (AvgIpc) is 2.91. The van der Waals surface area contributed by atoms with Gasteiger partial charge in [-0.25, -0.2) is 9.18 Å². The maximum atomic E-state index is 14.1. The molecule has 1 N–H and O–H groups in total. The Balaban J connectivity index is 2.69. The number of hydrogen-bond acceptors (Lipinski definition) is 3. The molecule has 1 aliphatic rings. The van der Waals surface area contributed by atoms with Gasteiger partial charge in [-0.15, -0.1) is 0 Å². The zero-order valence-electron chi connectivity index (χ0n) is 13.8. The summed E-state index contributed by atoms with van der Waals surface area (Å²) >= 11 is 0. The number of hydrogen-bond donors (Lipinski definition) is 1. The monoisotopic (exact) mass is 340 g/mol. The Hall–Kier alpha value is -2.24. The van der Waals surface area contributed by atoms with Crippen molar-refractivity contribution in [3.63, 3.8) is 0 Å². The second-order valence-electron chi connectivity index (χ2n) is 5.84. The highest BCUT2D eigenvalue weighted by molar-refractivity contribution is 5.98. The van der Waals surface area contributed by atoms with Crippen LogP contribution in [0.5, 0.6) is 5.75 Å². The Morgan fingerprint density at radius 3 is 2.58 bits per heavy atom. The summed E-state index contributed by atoms with van der Waals surface area (Å²) in [7, 11) is 0. The minimum atomic E-state index is -2.46. The second-order valence-corrected chi connectivity index (χ2v) is 5.84. The quantitative estimate of drug-likeness (QED) is 0.592. The van der Waals surface area contributed by atoms with E-state index in [9.17, 15) is 23.1 Å². The van der Waals surface area contributed by atoms with Crippen molar-refractivity contribution in [2.75, 3.05) is 0 Å². The highest BCUT2D eigenvalue weighted by Gasteiger charge is 2.33. The molecule has 0 saturated heterocycles. The first-order chi connectivity index (χ1) is 11.3. The fourth-order valence-corrected chi connectivity index (χ4v) is 2.95. The van der Waals surface area contributed by atoms with Crippen LogP contribution in [0.25, 0.3) is 5.83 Å². The first-order valence-corrected chi connectivity index (χ1v) is 7.70. The first-order valence-electron chi connectivity index (χ1n) is 7.70. The zero-order valence-corrected chi connectivity index (χ0v) is 13.8. The summed E-state index contributed by atoms with van der Waals surface area (Å²) in [5.74, 6) is -2.88. The summed E-state index contributed by atoms with van der Waals surface area (Å²) in [6.45, 7) is 5.16. The van der Waals surface area contributed by atoms with Crippen LogP contribution < -0.4 is 0 Å². The molecule has 0 aromatic heterocycles. The molecular formula is C18H19F3O3. The predicted octanol–water partition coefficient (Wildman–Crippen LogP) is 5.19. The minimum absolute atomic E-state index is 0.0224. The van der Waals surface area contributed by atoms with Crippen molar-refractivity contribution in [3.05, 3.63) is 45.5 Å². The number of aromatic hydroxyl groups is 1. The number of carbonyl (C=O) groups is 1. The molecule has 2 rings (SSSR count). The van der Waals surface area contributed by atoms with Crippen molar-refractivity contribution < 1.29 is 27.8 Å². The van der Waals surface area contributed by atoms with Gasteiger partial charge < -0.3 is 9.84 Å². The van der Waals surface area contributed by atoms with Gasteiger partial charge in [0.05, 0.1) is 0 Å². The van der Waals surface area contributed by atoms with Crippen LogP contribution in [0, 0.1) is 6.92 Å². The van der Waals surface area contributed by atoms with Gasteiger partial charge in [-0.05, 0) is 32.3 Å². The smallest absolute Gasteiger partial charge is 0.342 e. The number of phenolic OH excluding ortho intramolecular Hbond substituents is 1. The summed E-state index contributed by atoms with van der Waals surface area (Å²) in [4.78, 5) is 11.8. The number of phenols is 1. The zero-order chi connectivity index (χ0) is 18.0. The molecule has 0 saturated carbocycles. The molecule has 0 aliphatic carbocycles. The summed E-state index contributed by atoms with van der Waals surface area (Å²) in [5.41, 5.74) is 1.00. The average molecular weight is 340 g/mol. The summed E-state index contributed by atoms with van der Waals surface area (Å²) in [5, 5.41) is 10.4. The van der Waals surface area contributed by atoms with Crippen LogP contribution in [0.15, 0.2) is 17.7 Å². The number of carbonyl (C=O) groups excluding carboxylic acids is 1. The van der Waals surface area contributed by atoms with Gasteiger partial charge in [-0.2, -0.15) is 8.78 Å². The second kappa shape index (κ2) is 7.11. The van der Waals surface area contributed by atoms with Crippen LogP contribution in [0.2, 0.25) is 0 Å². The lowest BCUT2D eigenvalue weighted by Crippen LogP contribution is -2.04. The number of rotatable bonds is 5. The van der Waals surface area contributed by atoms with E-state index in [1.807, 2.05) is 13.8 Å². The van der Waals surface area contributed by atoms with E-state index in [4.69, 9.17) is 4.74 Å². The summed E-state index contributed by atoms with van der Waals surface area (Å²) in [6, 6.07) is 0. The van der Waals surface area contributed by atoms with Crippen molar-refractivity contribution in [2.45, 2.75) is 46.6 Å². The molecule has 0 amide bonds. The van der Waals surface area contributed by atoms with Crippen molar-refractivity contribution in [3.8, 4) is 5.75 Å². The molecule has 0 fully saturated rings. The standard InChI is InChI=1S/C18H19F3O3/c1-4-5-9(2)6-7-11-13(15(19)17(20)21)10(3)12-8-24-18(23)14(12)16(11)22/h6,22H,4-5,7-8H2,1-3H3/b9-6+. The van der Waals surface area contributed by atoms with Crippen LogP contribution >= 0.6 is 0 Å². The molecule has 1 aromatic rings. The van der Waals surface area contributed by atoms with Gasteiger partial charge in [0.1, 0.15) is 17.9 Å². The van der Waals surface area contributed by atoms with Crippen LogP contribution in [0.3, 0.4) is 0 Å². The van der Waals surface area contributed by atoms with E-state index in [-0.39, 0.29) is 40.8 Å². The minimum Gasteiger partial charge on any atom is -0.507 e. The SMILES string of the molecule is CCC/C(C)=C/Cc1c(O)c2c(c(C)c1C(F)=C(F)F)COC2=O. The van der Waals surface area contributed by atoms with Crippen LogP contribution in [-0.2, 0) is 17.8 Å². The molecule has 0 atom stereocenters. The van der Waals surface area contributed by atoms with Crippen molar-refractivity contribution in [1.82, 2.24) is 0 Å². The third-order valence-electron chi connectivity index (χ3n) is 4.19. The lowest BCUT2D eigenvalue weighted by molar-refractivity contribution is 0.0533. The van der Waals surface area contributed by atoms with Crippen molar-refractivity contribution in [1.29, 1.82) is 0 Å². The summed E-state index contributed by atoms with van der Waals surface area (Å²) in [6.07, 6.45) is 1.05. The fourth-order valence-electron chi connectivity index (χ4n) is 2.95. The van der Waals surface area contributed by atoms with E-state index in [2.05, 4.69) is 0 Å². The molecule has 0 radical (unpaired) electrons. The first kappa shape index (κ1) is 18.1. The maximum absolute atomic E-state index is 14.1. The Morgan fingerprint density at radius 1 is 1.33 bits per heavy atom. The van der Waals surface area contributed by atoms with Crippen LogP contribution in [-0.4, -0.2) is 11.1 Å². The number of halogens is 3. The largest absolute Gasteiger partial charge is 0.507 e. The molecule has 1 heterocycles. The molecule has 1 aliphatic heterocycles. The van der Waals surface area contributed by atoms with Gasteiger partial charge in [-0.1, -0.05) is 25.0 Å². The Kier molecular flexibility index (Phi) is 5.36. The van der Waals surface area contributed by atoms with E-state index in [1.54, 1.807) is 6.08 Å². The number of ether oxygens (including phenoxy) is 1. The van der Waals surface area contributed by atoms with E-state index >= 15 is 0 Å². The van der Waals surface area contributed by atoms with Crippen LogP contribution in [0.4, 0.5) is 13.2 Å². The molecule has 24 heavy (non-hydrogen) atoms. The van der Waals surface area contributed by atoms with E-state index in [1.165, 1.54) is 6.92 Å². The lowest BCUT2D eigenvalue weighted by Gasteiger charge is -2.15. The molecule has 130 valence electrons. The molecule has 6 heteroatoms. The van der Waals surface area contributed by atoms with Gasteiger partial charge in [0.15, 0.2) is 5.83 Å². The maximum Gasteiger partial charge on any atom is 0.342 e. The number of fused-ring (bicyclic) bond motifs is 1. The Morgan fingerprint density at radius 2 is 2.00 bits per heavy atom. The van der Waals surface area contributed by atoms with Gasteiger partial charge in [0, 0.05) is 16.7 Å². The van der Waals surface area contributed by atoms with E-state index in [0.717, 1.165) is 18.4 Å². The number of cyclic esters (lactones) is 1. The Labute approximate surface area is 138 Å². The third kappa shape index (κ3) is 3.18. The van der Waals surface area contributed by atoms with Gasteiger partial charge in [0.25, 0.3) is 0 Å². The Bertz CT molecular complexity index is 745. The van der Waals surface area contributed by atoms with Crippen molar-refractivity contribution in [2.24, 2.45) is 0 Å². The molecule has 0 spiro atoms. The molecule has 0 bridgehead atoms. The van der Waals surface area contributed by atoms with Gasteiger partial charge in [0.2, 0.25) is 0 Å². The van der Waals surface area contributed by atoms with E-state index in [0.29, 0.717) is 0 Å². The number of allylic oxidation sites excluding steroid dienone is 2. The fraction of sp³-hybridized carbons (Fsp3) is 0.389. The van der Waals surface area contributed by atoms with Gasteiger partial charge in [-0.3, -0.25) is 0 Å².